The molecule has 0 amide bonds. The van der Waals surface area contributed by atoms with Crippen LogP contribution in [0.1, 0.15) is 16.9 Å². The van der Waals surface area contributed by atoms with Crippen molar-refractivity contribution in [2.75, 3.05) is 6.61 Å². The molecule has 0 aliphatic rings. The van der Waals surface area contributed by atoms with E-state index < -0.39 is 10.0 Å². The van der Waals surface area contributed by atoms with Crippen molar-refractivity contribution in [1.29, 1.82) is 0 Å². The van der Waals surface area contributed by atoms with E-state index in [1.807, 2.05) is 11.4 Å². The summed E-state index contributed by atoms with van der Waals surface area (Å²) in [5.41, 5.74) is 0.803. The third kappa shape index (κ3) is 3.91. The van der Waals surface area contributed by atoms with Gasteiger partial charge in [-0.3, -0.25) is 0 Å². The Labute approximate surface area is 126 Å². The molecule has 0 radical (unpaired) electrons. The maximum atomic E-state index is 12.0. The van der Waals surface area contributed by atoms with Crippen LogP contribution in [0, 0.1) is 11.8 Å². The van der Waals surface area contributed by atoms with Crippen molar-refractivity contribution < 1.29 is 13.5 Å². The Morgan fingerprint density at radius 3 is 2.80 bits per heavy atom. The Morgan fingerprint density at radius 2 is 2.10 bits per heavy atom. The first-order valence-electron chi connectivity index (χ1n) is 5.83. The lowest BCUT2D eigenvalue weighted by Crippen LogP contribution is -2.22. The number of rotatable bonds is 5. The molecule has 0 bridgehead atoms. The zero-order valence-electron chi connectivity index (χ0n) is 10.5. The predicted octanol–water partition coefficient (Wildman–Crippen LogP) is 2.02. The van der Waals surface area contributed by atoms with Crippen LogP contribution < -0.4 is 4.72 Å². The fraction of sp³-hybridized carbons (Fsp3) is 0.231. The van der Waals surface area contributed by atoms with Crippen LogP contribution in [0.15, 0.2) is 33.2 Å². The largest absolute Gasteiger partial charge is 0.395 e. The lowest BCUT2D eigenvalue weighted by atomic mass is 10.2. The standard InChI is InChI=1S/C13H13NO3S3/c15-7-2-1-4-11-6-9-18-12(11)10-14-20(16,17)13-5-3-8-19-13/h3,5-6,8-9,14-15H,2,7,10H2. The lowest BCUT2D eigenvalue weighted by Gasteiger charge is -2.03. The van der Waals surface area contributed by atoms with Crippen molar-refractivity contribution in [1.82, 2.24) is 4.72 Å². The fourth-order valence-electron chi connectivity index (χ4n) is 1.45. The van der Waals surface area contributed by atoms with E-state index >= 15 is 0 Å². The molecule has 2 heterocycles. The minimum absolute atomic E-state index is 0.0253. The summed E-state index contributed by atoms with van der Waals surface area (Å²) in [5.74, 6) is 5.77. The highest BCUT2D eigenvalue weighted by Gasteiger charge is 2.15. The fourth-order valence-corrected chi connectivity index (χ4v) is 4.34. The van der Waals surface area contributed by atoms with Gasteiger partial charge < -0.3 is 5.11 Å². The number of hydrogen-bond acceptors (Lipinski definition) is 5. The van der Waals surface area contributed by atoms with Gasteiger partial charge in [0.1, 0.15) is 4.21 Å². The van der Waals surface area contributed by atoms with Crippen LogP contribution >= 0.6 is 22.7 Å². The van der Waals surface area contributed by atoms with Crippen molar-refractivity contribution in [2.45, 2.75) is 17.2 Å². The average Bonchev–Trinajstić information content (AvgIpc) is 3.09. The molecule has 0 unspecified atom stereocenters. The number of aliphatic hydroxyl groups is 1. The predicted molar refractivity (Wildman–Crippen MR) is 81.2 cm³/mol. The lowest BCUT2D eigenvalue weighted by molar-refractivity contribution is 0.305. The van der Waals surface area contributed by atoms with Gasteiger partial charge in [0.2, 0.25) is 10.0 Å². The molecular formula is C13H13NO3S3. The van der Waals surface area contributed by atoms with Gasteiger partial charge in [-0.2, -0.15) is 0 Å². The van der Waals surface area contributed by atoms with Crippen LogP contribution in [-0.4, -0.2) is 20.1 Å². The van der Waals surface area contributed by atoms with Gasteiger partial charge in [-0.05, 0) is 22.9 Å². The van der Waals surface area contributed by atoms with Gasteiger partial charge >= 0.3 is 0 Å². The average molecular weight is 327 g/mol. The van der Waals surface area contributed by atoms with E-state index in [-0.39, 0.29) is 13.2 Å². The van der Waals surface area contributed by atoms with Crippen molar-refractivity contribution in [3.63, 3.8) is 0 Å². The van der Waals surface area contributed by atoms with Gasteiger partial charge in [0.15, 0.2) is 0 Å². The van der Waals surface area contributed by atoms with E-state index in [0.717, 1.165) is 10.4 Å². The summed E-state index contributed by atoms with van der Waals surface area (Å²) in [7, 11) is -3.45. The molecule has 0 spiro atoms. The number of sulfonamides is 1. The Morgan fingerprint density at radius 1 is 1.25 bits per heavy atom. The quantitative estimate of drug-likeness (QED) is 0.826. The molecule has 106 valence electrons. The normalized spacial score (nSPS) is 11.1. The van der Waals surface area contributed by atoms with E-state index in [2.05, 4.69) is 16.6 Å². The van der Waals surface area contributed by atoms with Crippen LogP contribution in [0.4, 0.5) is 0 Å². The minimum Gasteiger partial charge on any atom is -0.395 e. The van der Waals surface area contributed by atoms with Crippen molar-refractivity contribution in [3.05, 3.63) is 39.4 Å². The summed E-state index contributed by atoms with van der Waals surface area (Å²) < 4.78 is 26.9. The molecule has 0 aromatic carbocycles. The van der Waals surface area contributed by atoms with Crippen molar-refractivity contribution in [2.24, 2.45) is 0 Å². The summed E-state index contributed by atoms with van der Waals surface area (Å²) in [5, 5.41) is 12.3. The molecule has 0 saturated carbocycles. The number of thiophene rings is 2. The van der Waals surface area contributed by atoms with E-state index in [1.54, 1.807) is 17.5 Å². The minimum atomic E-state index is -3.45. The zero-order valence-corrected chi connectivity index (χ0v) is 12.9. The summed E-state index contributed by atoms with van der Waals surface area (Å²) in [6.07, 6.45) is 0.413. The van der Waals surface area contributed by atoms with Crippen LogP contribution in [0.25, 0.3) is 0 Å². The van der Waals surface area contributed by atoms with E-state index in [9.17, 15) is 8.42 Å². The Balaban J connectivity index is 2.06. The van der Waals surface area contributed by atoms with Crippen LogP contribution in [0.2, 0.25) is 0 Å². The molecule has 4 nitrogen and oxygen atoms in total. The molecule has 0 fully saturated rings. The molecule has 7 heteroatoms. The van der Waals surface area contributed by atoms with Crippen LogP contribution in [0.5, 0.6) is 0 Å². The van der Waals surface area contributed by atoms with Crippen LogP contribution in [0.3, 0.4) is 0 Å². The zero-order chi connectivity index (χ0) is 14.4. The number of aliphatic hydroxyl groups excluding tert-OH is 1. The summed E-state index contributed by atoms with van der Waals surface area (Å²) in [4.78, 5) is 0.871. The summed E-state index contributed by atoms with van der Waals surface area (Å²) in [6, 6.07) is 5.13. The summed E-state index contributed by atoms with van der Waals surface area (Å²) >= 11 is 2.64. The highest BCUT2D eigenvalue weighted by molar-refractivity contribution is 7.91. The molecule has 0 atom stereocenters. The van der Waals surface area contributed by atoms with Gasteiger partial charge in [0.25, 0.3) is 0 Å². The molecule has 2 aromatic rings. The maximum absolute atomic E-state index is 12.0. The van der Waals surface area contributed by atoms with Gasteiger partial charge in [-0.1, -0.05) is 17.9 Å². The van der Waals surface area contributed by atoms with Gasteiger partial charge in [-0.25, -0.2) is 13.1 Å². The van der Waals surface area contributed by atoms with Crippen molar-refractivity contribution in [3.8, 4) is 11.8 Å². The molecular weight excluding hydrogens is 314 g/mol. The molecule has 2 rings (SSSR count). The smallest absolute Gasteiger partial charge is 0.250 e. The number of nitrogens with one attached hydrogen (secondary N) is 1. The van der Waals surface area contributed by atoms with Gasteiger partial charge in [0.05, 0.1) is 6.61 Å². The molecule has 0 saturated heterocycles. The first-order valence-corrected chi connectivity index (χ1v) is 9.07. The Hall–Kier alpha value is -1.17. The second kappa shape index (κ2) is 7.02. The molecule has 20 heavy (non-hydrogen) atoms. The third-order valence-electron chi connectivity index (χ3n) is 2.39. The maximum Gasteiger partial charge on any atom is 0.250 e. The van der Waals surface area contributed by atoms with E-state index in [0.29, 0.717) is 10.6 Å². The second-order valence-electron chi connectivity index (χ2n) is 3.79. The molecule has 2 aromatic heterocycles. The topological polar surface area (TPSA) is 66.4 Å². The van der Waals surface area contributed by atoms with E-state index in [1.165, 1.54) is 22.7 Å². The Kier molecular flexibility index (Phi) is 5.34. The van der Waals surface area contributed by atoms with Gasteiger partial charge in [-0.15, -0.1) is 22.7 Å². The Bertz CT molecular complexity index is 706. The highest BCUT2D eigenvalue weighted by Crippen LogP contribution is 2.19. The molecule has 0 aliphatic heterocycles. The van der Waals surface area contributed by atoms with Gasteiger partial charge in [0, 0.05) is 23.4 Å². The van der Waals surface area contributed by atoms with Crippen molar-refractivity contribution >= 4 is 32.7 Å². The van der Waals surface area contributed by atoms with Crippen LogP contribution in [-0.2, 0) is 16.6 Å². The van der Waals surface area contributed by atoms with E-state index in [4.69, 9.17) is 5.11 Å². The SMILES string of the molecule is O=S(=O)(NCc1sccc1C#CCCO)c1cccs1. The number of hydrogen-bond donors (Lipinski definition) is 2. The second-order valence-corrected chi connectivity index (χ2v) is 7.73. The molecule has 0 aliphatic carbocycles. The highest BCUT2D eigenvalue weighted by atomic mass is 32.2. The molecule has 2 N–H and O–H groups in total. The first-order chi connectivity index (χ1) is 9.63. The summed E-state index contributed by atoms with van der Waals surface area (Å²) in [6.45, 7) is 0.249. The third-order valence-corrected chi connectivity index (χ3v) is 6.11. The first kappa shape index (κ1) is 15.2. The monoisotopic (exact) mass is 327 g/mol.